The number of aliphatic carboxylic acids is 1. The van der Waals surface area contributed by atoms with Crippen molar-refractivity contribution in [2.75, 3.05) is 5.75 Å². The maximum Gasteiger partial charge on any atom is 0.313 e. The number of nitrogens with one attached hydrogen (secondary N) is 1. The molecule has 5 heteroatoms. The van der Waals surface area contributed by atoms with Gasteiger partial charge in [0.15, 0.2) is 0 Å². The van der Waals surface area contributed by atoms with Crippen LogP contribution in [0.3, 0.4) is 0 Å². The van der Waals surface area contributed by atoms with E-state index in [2.05, 4.69) is 4.98 Å². The molecule has 0 aliphatic rings. The van der Waals surface area contributed by atoms with Crippen LogP contribution in [0, 0.1) is 0 Å². The van der Waals surface area contributed by atoms with Crippen molar-refractivity contribution in [3.63, 3.8) is 0 Å². The molecule has 3 nitrogen and oxygen atoms in total. The minimum absolute atomic E-state index is 0.0302. The van der Waals surface area contributed by atoms with Crippen LogP contribution < -0.4 is 0 Å². The number of carboxylic acid groups (broad SMARTS) is 1. The van der Waals surface area contributed by atoms with E-state index < -0.39 is 5.97 Å². The van der Waals surface area contributed by atoms with Crippen LogP contribution in [0.25, 0.3) is 22.2 Å². The molecule has 0 bridgehead atoms. The largest absolute Gasteiger partial charge is 0.481 e. The van der Waals surface area contributed by atoms with Gasteiger partial charge >= 0.3 is 5.97 Å². The van der Waals surface area contributed by atoms with E-state index in [4.69, 9.17) is 16.7 Å². The number of hydrogen-bond donors (Lipinski definition) is 2. The predicted octanol–water partition coefficient (Wildman–Crippen LogP) is 4.67. The zero-order valence-electron chi connectivity index (χ0n) is 11.0. The number of carbonyl (C=O) groups is 1. The lowest BCUT2D eigenvalue weighted by atomic mass is 10.1. The van der Waals surface area contributed by atoms with Crippen LogP contribution in [0.1, 0.15) is 0 Å². The number of fused-ring (bicyclic) bond motifs is 1. The maximum atomic E-state index is 10.9. The fourth-order valence-electron chi connectivity index (χ4n) is 2.22. The van der Waals surface area contributed by atoms with Crippen molar-refractivity contribution < 1.29 is 9.90 Å². The summed E-state index contributed by atoms with van der Waals surface area (Å²) in [6, 6.07) is 15.4. The second kappa shape index (κ2) is 5.84. The number of carboxylic acids is 1. The number of benzene rings is 2. The Morgan fingerprint density at radius 1 is 1.14 bits per heavy atom. The van der Waals surface area contributed by atoms with Crippen molar-refractivity contribution in [3.8, 4) is 11.3 Å². The minimum Gasteiger partial charge on any atom is -0.481 e. The molecule has 0 saturated carbocycles. The zero-order valence-corrected chi connectivity index (χ0v) is 12.5. The SMILES string of the molecule is O=C(O)CSc1c(-c2ccc(Cl)cc2)[nH]c2ccccc12. The van der Waals surface area contributed by atoms with Gasteiger partial charge in [-0.05, 0) is 23.8 Å². The number of aromatic nitrogens is 1. The van der Waals surface area contributed by atoms with Crippen LogP contribution in [0.15, 0.2) is 53.4 Å². The van der Waals surface area contributed by atoms with Gasteiger partial charge in [0, 0.05) is 20.8 Å². The molecule has 3 rings (SSSR count). The molecule has 0 saturated heterocycles. The fourth-order valence-corrected chi connectivity index (χ4v) is 3.26. The summed E-state index contributed by atoms with van der Waals surface area (Å²) in [5.41, 5.74) is 2.91. The summed E-state index contributed by atoms with van der Waals surface area (Å²) >= 11 is 7.25. The second-order valence-corrected chi connectivity index (χ2v) is 5.99. The molecule has 0 radical (unpaired) electrons. The van der Waals surface area contributed by atoms with E-state index in [9.17, 15) is 4.79 Å². The number of H-pyrrole nitrogens is 1. The van der Waals surface area contributed by atoms with Crippen LogP contribution in [-0.4, -0.2) is 21.8 Å². The fraction of sp³-hybridized carbons (Fsp3) is 0.0625. The molecule has 0 aliphatic heterocycles. The van der Waals surface area contributed by atoms with Crippen LogP contribution >= 0.6 is 23.4 Å². The van der Waals surface area contributed by atoms with Crippen LogP contribution in [0.4, 0.5) is 0 Å². The third-order valence-corrected chi connectivity index (χ3v) is 4.49. The van der Waals surface area contributed by atoms with Crippen molar-refractivity contribution in [2.24, 2.45) is 0 Å². The molecule has 106 valence electrons. The minimum atomic E-state index is -0.827. The first-order chi connectivity index (χ1) is 10.1. The molecule has 0 aliphatic carbocycles. The summed E-state index contributed by atoms with van der Waals surface area (Å²) in [5, 5.41) is 10.6. The number of rotatable bonds is 4. The molecular formula is C16H12ClNO2S. The molecule has 1 aromatic heterocycles. The lowest BCUT2D eigenvalue weighted by Gasteiger charge is -2.04. The lowest BCUT2D eigenvalue weighted by molar-refractivity contribution is -0.133. The molecule has 0 atom stereocenters. The topological polar surface area (TPSA) is 53.1 Å². The van der Waals surface area contributed by atoms with E-state index in [1.165, 1.54) is 11.8 Å². The van der Waals surface area contributed by atoms with Crippen LogP contribution in [-0.2, 0) is 4.79 Å². The molecule has 0 unspecified atom stereocenters. The van der Waals surface area contributed by atoms with Gasteiger partial charge in [0.05, 0.1) is 11.4 Å². The highest BCUT2D eigenvalue weighted by molar-refractivity contribution is 8.00. The highest BCUT2D eigenvalue weighted by atomic mass is 35.5. The van der Waals surface area contributed by atoms with Gasteiger partial charge in [-0.2, -0.15) is 0 Å². The maximum absolute atomic E-state index is 10.9. The smallest absolute Gasteiger partial charge is 0.313 e. The monoisotopic (exact) mass is 317 g/mol. The molecule has 21 heavy (non-hydrogen) atoms. The summed E-state index contributed by atoms with van der Waals surface area (Å²) in [6.07, 6.45) is 0. The number of halogens is 1. The van der Waals surface area contributed by atoms with E-state index in [0.717, 1.165) is 27.1 Å². The van der Waals surface area contributed by atoms with E-state index >= 15 is 0 Å². The van der Waals surface area contributed by atoms with Gasteiger partial charge in [-0.25, -0.2) is 0 Å². The van der Waals surface area contributed by atoms with Gasteiger partial charge in [-0.3, -0.25) is 4.79 Å². The Kier molecular flexibility index (Phi) is 3.90. The summed E-state index contributed by atoms with van der Waals surface area (Å²) in [7, 11) is 0. The number of aromatic amines is 1. The quantitative estimate of drug-likeness (QED) is 0.688. The van der Waals surface area contributed by atoms with Gasteiger partial charge in [0.1, 0.15) is 0 Å². The Bertz CT molecular complexity index is 796. The number of thioether (sulfide) groups is 1. The molecule has 0 fully saturated rings. The first-order valence-corrected chi connectivity index (χ1v) is 7.73. The van der Waals surface area contributed by atoms with Crippen molar-refractivity contribution >= 4 is 40.2 Å². The van der Waals surface area contributed by atoms with E-state index in [0.29, 0.717) is 5.02 Å². The summed E-state index contributed by atoms with van der Waals surface area (Å²) in [4.78, 5) is 15.2. The Labute approximate surface area is 130 Å². The molecule has 2 aromatic carbocycles. The van der Waals surface area contributed by atoms with Crippen molar-refractivity contribution in [3.05, 3.63) is 53.6 Å². The summed E-state index contributed by atoms with van der Waals surface area (Å²) in [6.45, 7) is 0. The second-order valence-electron chi connectivity index (χ2n) is 4.56. The Morgan fingerprint density at radius 3 is 2.57 bits per heavy atom. The normalized spacial score (nSPS) is 10.9. The Hall–Kier alpha value is -1.91. The van der Waals surface area contributed by atoms with Gasteiger partial charge < -0.3 is 10.1 Å². The number of hydrogen-bond acceptors (Lipinski definition) is 2. The number of para-hydroxylation sites is 1. The van der Waals surface area contributed by atoms with Crippen LogP contribution in [0.5, 0.6) is 0 Å². The first kappa shape index (κ1) is 14.0. The molecule has 2 N–H and O–H groups in total. The molecule has 1 heterocycles. The van der Waals surface area contributed by atoms with Gasteiger partial charge in [0.2, 0.25) is 0 Å². The van der Waals surface area contributed by atoms with Crippen molar-refractivity contribution in [1.29, 1.82) is 0 Å². The van der Waals surface area contributed by atoms with Crippen molar-refractivity contribution in [2.45, 2.75) is 4.90 Å². The van der Waals surface area contributed by atoms with Gasteiger partial charge in [0.25, 0.3) is 0 Å². The highest BCUT2D eigenvalue weighted by Gasteiger charge is 2.14. The Balaban J connectivity index is 2.13. The van der Waals surface area contributed by atoms with E-state index in [1.807, 2.05) is 48.5 Å². The molecule has 0 spiro atoms. The zero-order chi connectivity index (χ0) is 14.8. The molecule has 3 aromatic rings. The third-order valence-electron chi connectivity index (χ3n) is 3.13. The Morgan fingerprint density at radius 2 is 1.86 bits per heavy atom. The molecular weight excluding hydrogens is 306 g/mol. The standard InChI is InChI=1S/C16H12ClNO2S/c17-11-7-5-10(6-8-11)15-16(21-9-14(19)20)12-3-1-2-4-13(12)18-15/h1-8,18H,9H2,(H,19,20). The van der Waals surface area contributed by atoms with E-state index in [-0.39, 0.29) is 5.75 Å². The average molecular weight is 318 g/mol. The summed E-state index contributed by atoms with van der Waals surface area (Å²) < 4.78 is 0. The third kappa shape index (κ3) is 2.91. The highest BCUT2D eigenvalue weighted by Crippen LogP contribution is 2.37. The van der Waals surface area contributed by atoms with E-state index in [1.54, 1.807) is 0 Å². The lowest BCUT2D eigenvalue weighted by Crippen LogP contribution is -1.97. The first-order valence-electron chi connectivity index (χ1n) is 6.36. The van der Waals surface area contributed by atoms with Crippen LogP contribution in [0.2, 0.25) is 5.02 Å². The summed E-state index contributed by atoms with van der Waals surface area (Å²) in [5.74, 6) is -0.796. The van der Waals surface area contributed by atoms with Gasteiger partial charge in [-0.1, -0.05) is 41.9 Å². The van der Waals surface area contributed by atoms with Gasteiger partial charge in [-0.15, -0.1) is 11.8 Å². The average Bonchev–Trinajstić information content (AvgIpc) is 2.84. The predicted molar refractivity (Wildman–Crippen MR) is 87.1 cm³/mol. The van der Waals surface area contributed by atoms with Crippen molar-refractivity contribution in [1.82, 2.24) is 4.98 Å². The molecule has 0 amide bonds.